The van der Waals surface area contributed by atoms with E-state index in [1.807, 2.05) is 13.8 Å². The van der Waals surface area contributed by atoms with Crippen molar-refractivity contribution in [1.82, 2.24) is 4.90 Å². The highest BCUT2D eigenvalue weighted by Gasteiger charge is 2.39. The zero-order chi connectivity index (χ0) is 17.2. The summed E-state index contributed by atoms with van der Waals surface area (Å²) in [6.45, 7) is 4.75. The van der Waals surface area contributed by atoms with Crippen molar-refractivity contribution in [2.45, 2.75) is 25.5 Å². The molecule has 1 fully saturated rings. The molecule has 126 valence electrons. The van der Waals surface area contributed by atoms with E-state index >= 15 is 0 Å². The first kappa shape index (κ1) is 17.4. The molecule has 1 saturated heterocycles. The van der Waals surface area contributed by atoms with E-state index in [1.54, 1.807) is 29.2 Å². The molecule has 1 heterocycles. The fraction of sp³-hybridized carbons (Fsp3) is 0.467. The van der Waals surface area contributed by atoms with Gasteiger partial charge in [-0.05, 0) is 38.1 Å². The Morgan fingerprint density at radius 1 is 1.26 bits per heavy atom. The summed E-state index contributed by atoms with van der Waals surface area (Å²) in [4.78, 5) is 27.0. The van der Waals surface area contributed by atoms with Crippen LogP contribution in [-0.4, -0.2) is 50.0 Å². The molecule has 1 aliphatic rings. The van der Waals surface area contributed by atoms with Gasteiger partial charge in [-0.3, -0.25) is 9.59 Å². The zero-order valence-corrected chi connectivity index (χ0v) is 13.8. The molecule has 1 aromatic carbocycles. The fourth-order valence-electron chi connectivity index (χ4n) is 2.59. The lowest BCUT2D eigenvalue weighted by Crippen LogP contribution is -2.30. The van der Waals surface area contributed by atoms with E-state index in [9.17, 15) is 21.9 Å². The van der Waals surface area contributed by atoms with Crippen LogP contribution in [0.3, 0.4) is 0 Å². The Kier molecular flexibility index (Phi) is 5.03. The van der Waals surface area contributed by atoms with Gasteiger partial charge in [0, 0.05) is 37.3 Å². The van der Waals surface area contributed by atoms with Crippen LogP contribution in [0.2, 0.25) is 0 Å². The lowest BCUT2D eigenvalue weighted by Gasteiger charge is -2.20. The van der Waals surface area contributed by atoms with E-state index in [0.717, 1.165) is 0 Å². The van der Waals surface area contributed by atoms with Crippen LogP contribution in [0, 0.1) is 0 Å². The number of carbonyl (C=O) groups is 2. The molecule has 0 N–H and O–H groups in total. The second-order valence-electron chi connectivity index (χ2n) is 5.33. The summed E-state index contributed by atoms with van der Waals surface area (Å²) in [5, 5.41) is -1.33. The molecule has 23 heavy (non-hydrogen) atoms. The summed E-state index contributed by atoms with van der Waals surface area (Å²) >= 11 is 0. The molecule has 2 amide bonds. The molecule has 6 nitrogen and oxygen atoms in total. The lowest BCUT2D eigenvalue weighted by atomic mass is 10.1. The summed E-state index contributed by atoms with van der Waals surface area (Å²) in [6, 6.07) is 6.31. The number of anilines is 1. The number of nitrogens with zero attached hydrogens (tertiary/aromatic N) is 2. The van der Waals surface area contributed by atoms with E-state index < -0.39 is 21.4 Å². The highest BCUT2D eigenvalue weighted by atomic mass is 32.3. The number of benzene rings is 1. The summed E-state index contributed by atoms with van der Waals surface area (Å²) in [5.41, 5.74) is 0.941. The molecular formula is C15H19FN2O4S. The maximum absolute atomic E-state index is 13.0. The van der Waals surface area contributed by atoms with Crippen LogP contribution in [0.4, 0.5) is 9.57 Å². The molecule has 2 rings (SSSR count). The average molecular weight is 342 g/mol. The van der Waals surface area contributed by atoms with Gasteiger partial charge in [0.2, 0.25) is 5.91 Å². The number of hydrogen-bond acceptors (Lipinski definition) is 4. The minimum Gasteiger partial charge on any atom is -0.339 e. The predicted octanol–water partition coefficient (Wildman–Crippen LogP) is 1.57. The molecule has 0 radical (unpaired) electrons. The second-order valence-corrected chi connectivity index (χ2v) is 6.95. The van der Waals surface area contributed by atoms with Crippen molar-refractivity contribution >= 4 is 27.7 Å². The van der Waals surface area contributed by atoms with E-state index in [0.29, 0.717) is 24.3 Å². The molecular weight excluding hydrogens is 323 g/mol. The van der Waals surface area contributed by atoms with E-state index in [4.69, 9.17) is 0 Å². The van der Waals surface area contributed by atoms with Crippen LogP contribution in [0.25, 0.3) is 0 Å². The van der Waals surface area contributed by atoms with Gasteiger partial charge in [0.25, 0.3) is 5.91 Å². The summed E-state index contributed by atoms with van der Waals surface area (Å²) < 4.78 is 34.9. The van der Waals surface area contributed by atoms with Gasteiger partial charge >= 0.3 is 10.2 Å². The van der Waals surface area contributed by atoms with Crippen molar-refractivity contribution in [3.8, 4) is 0 Å². The summed E-state index contributed by atoms with van der Waals surface area (Å²) in [7, 11) is -4.74. The number of carbonyl (C=O) groups excluding carboxylic acids is 2. The van der Waals surface area contributed by atoms with Gasteiger partial charge < -0.3 is 9.80 Å². The van der Waals surface area contributed by atoms with Crippen LogP contribution < -0.4 is 4.90 Å². The van der Waals surface area contributed by atoms with Gasteiger partial charge in [-0.1, -0.05) is 0 Å². The SMILES string of the molecule is CCN(CC)C(=O)c1ccc(N2CC(S(=O)(=O)F)CC2=O)cc1. The molecule has 0 spiro atoms. The van der Waals surface area contributed by atoms with Crippen molar-refractivity contribution in [1.29, 1.82) is 0 Å². The first-order valence-corrected chi connectivity index (χ1v) is 8.85. The molecule has 1 unspecified atom stereocenters. The van der Waals surface area contributed by atoms with Crippen LogP contribution in [0.5, 0.6) is 0 Å². The Bertz CT molecular complexity index is 699. The van der Waals surface area contributed by atoms with Crippen LogP contribution >= 0.6 is 0 Å². The third-order valence-corrected chi connectivity index (χ3v) is 5.08. The molecule has 0 aromatic heterocycles. The van der Waals surface area contributed by atoms with Crippen LogP contribution in [0.1, 0.15) is 30.6 Å². The Morgan fingerprint density at radius 2 is 1.83 bits per heavy atom. The van der Waals surface area contributed by atoms with Gasteiger partial charge in [0.05, 0.1) is 0 Å². The Balaban J connectivity index is 2.17. The summed E-state index contributed by atoms with van der Waals surface area (Å²) in [5.74, 6) is -0.558. The lowest BCUT2D eigenvalue weighted by molar-refractivity contribution is -0.117. The van der Waals surface area contributed by atoms with Crippen molar-refractivity contribution in [3.63, 3.8) is 0 Å². The molecule has 8 heteroatoms. The molecule has 0 saturated carbocycles. The quantitative estimate of drug-likeness (QED) is 0.761. The van der Waals surface area contributed by atoms with Crippen molar-refractivity contribution in [3.05, 3.63) is 29.8 Å². The second kappa shape index (κ2) is 6.66. The van der Waals surface area contributed by atoms with E-state index in [2.05, 4.69) is 0 Å². The smallest absolute Gasteiger partial charge is 0.307 e. The normalized spacial score (nSPS) is 18.3. The monoisotopic (exact) mass is 342 g/mol. The number of rotatable bonds is 5. The van der Waals surface area contributed by atoms with Gasteiger partial charge in [-0.2, -0.15) is 8.42 Å². The highest BCUT2D eigenvalue weighted by molar-refractivity contribution is 7.87. The Hall–Kier alpha value is -1.96. The van der Waals surface area contributed by atoms with Gasteiger partial charge in [0.15, 0.2) is 0 Å². The summed E-state index contributed by atoms with van der Waals surface area (Å²) in [6.07, 6.45) is -0.362. The number of halogens is 1. The maximum Gasteiger partial charge on any atom is 0.307 e. The Labute approximate surface area is 135 Å². The molecule has 0 bridgehead atoms. The standard InChI is InChI=1S/C15H19FN2O4S/c1-3-17(4-2)15(20)11-5-7-12(8-6-11)18-10-13(9-14(18)19)23(16,21)22/h5-8,13H,3-4,9-10H2,1-2H3. The third-order valence-electron chi connectivity index (χ3n) is 3.96. The van der Waals surface area contributed by atoms with Gasteiger partial charge in [-0.25, -0.2) is 0 Å². The molecule has 1 aromatic rings. The molecule has 0 aliphatic carbocycles. The van der Waals surface area contributed by atoms with Crippen molar-refractivity contribution < 1.29 is 21.9 Å². The molecule has 1 atom stereocenters. The first-order chi connectivity index (χ1) is 10.8. The minimum atomic E-state index is -4.74. The minimum absolute atomic E-state index is 0.112. The van der Waals surface area contributed by atoms with E-state index in [-0.39, 0.29) is 18.9 Å². The van der Waals surface area contributed by atoms with Crippen molar-refractivity contribution in [2.24, 2.45) is 0 Å². The van der Waals surface area contributed by atoms with E-state index in [1.165, 1.54) is 4.90 Å². The first-order valence-electron chi connectivity index (χ1n) is 7.41. The fourth-order valence-corrected chi connectivity index (χ4v) is 3.26. The maximum atomic E-state index is 13.0. The van der Waals surface area contributed by atoms with Crippen molar-refractivity contribution in [2.75, 3.05) is 24.5 Å². The average Bonchev–Trinajstić information content (AvgIpc) is 2.90. The zero-order valence-electron chi connectivity index (χ0n) is 13.0. The van der Waals surface area contributed by atoms with Gasteiger partial charge in [0.1, 0.15) is 5.25 Å². The third kappa shape index (κ3) is 3.69. The Morgan fingerprint density at radius 3 is 2.26 bits per heavy atom. The van der Waals surface area contributed by atoms with Crippen LogP contribution in [-0.2, 0) is 15.0 Å². The largest absolute Gasteiger partial charge is 0.339 e. The van der Waals surface area contributed by atoms with Gasteiger partial charge in [-0.15, -0.1) is 3.89 Å². The predicted molar refractivity (Wildman–Crippen MR) is 84.5 cm³/mol. The highest BCUT2D eigenvalue weighted by Crippen LogP contribution is 2.26. The molecule has 1 aliphatic heterocycles. The topological polar surface area (TPSA) is 74.8 Å². The number of amides is 2. The number of hydrogen-bond donors (Lipinski definition) is 0. The van der Waals surface area contributed by atoms with Crippen LogP contribution in [0.15, 0.2) is 24.3 Å².